The van der Waals surface area contributed by atoms with Gasteiger partial charge in [-0.2, -0.15) is 0 Å². The molecule has 0 aliphatic heterocycles. The Kier molecular flexibility index (Phi) is 6.87. The number of hydrogen-bond acceptors (Lipinski definition) is 6. The lowest BCUT2D eigenvalue weighted by Gasteiger charge is -2.37. The number of carbonyl (C=O) groups excluding carboxylic acids is 3. The summed E-state index contributed by atoms with van der Waals surface area (Å²) >= 11 is 0. The largest absolute Gasteiger partial charge is 0.511 e. The number of aliphatic hydroxyl groups is 1. The fraction of sp³-hybridized carbons (Fsp3) is 0.593. The van der Waals surface area contributed by atoms with E-state index >= 15 is 0 Å². The maximum atomic E-state index is 13.0. The van der Waals surface area contributed by atoms with Gasteiger partial charge in [-0.1, -0.05) is 31.1 Å². The molecule has 33 heavy (non-hydrogen) atoms. The first-order valence-electron chi connectivity index (χ1n) is 12.2. The van der Waals surface area contributed by atoms with Crippen LogP contribution in [0.4, 0.5) is 0 Å². The number of nitrogens with zero attached hydrogens (tertiary/aromatic N) is 2. The van der Waals surface area contributed by atoms with Gasteiger partial charge in [0.1, 0.15) is 5.76 Å². The highest BCUT2D eigenvalue weighted by Gasteiger charge is 2.51. The van der Waals surface area contributed by atoms with Crippen molar-refractivity contribution < 1.29 is 19.5 Å². The molecule has 6 nitrogen and oxygen atoms in total. The number of carbonyl (C=O) groups is 3. The molecule has 0 aromatic heterocycles. The second kappa shape index (κ2) is 9.51. The third kappa shape index (κ3) is 4.19. The van der Waals surface area contributed by atoms with Crippen molar-refractivity contribution in [1.82, 2.24) is 9.80 Å². The first-order valence-corrected chi connectivity index (χ1v) is 12.2. The van der Waals surface area contributed by atoms with Crippen molar-refractivity contribution in [3.05, 3.63) is 47.3 Å². The minimum absolute atomic E-state index is 0.0128. The molecule has 4 rings (SSSR count). The Bertz CT molecular complexity index is 955. The maximum Gasteiger partial charge on any atom is 0.171 e. The molecule has 6 atom stereocenters. The Morgan fingerprint density at radius 1 is 0.727 bits per heavy atom. The van der Waals surface area contributed by atoms with Gasteiger partial charge in [0.15, 0.2) is 17.3 Å². The van der Waals surface area contributed by atoms with Crippen molar-refractivity contribution in [2.24, 2.45) is 23.7 Å². The van der Waals surface area contributed by atoms with E-state index in [1.165, 1.54) is 0 Å². The van der Waals surface area contributed by atoms with Crippen molar-refractivity contribution in [2.75, 3.05) is 28.2 Å². The predicted octanol–water partition coefficient (Wildman–Crippen LogP) is 3.26. The zero-order valence-corrected chi connectivity index (χ0v) is 20.2. The molecule has 0 spiro atoms. The Hall–Kier alpha value is -2.31. The van der Waals surface area contributed by atoms with Gasteiger partial charge < -0.3 is 14.9 Å². The molecule has 6 unspecified atom stereocenters. The average Bonchev–Trinajstić information content (AvgIpc) is 3.18. The van der Waals surface area contributed by atoms with Crippen LogP contribution in [0.1, 0.15) is 38.5 Å². The van der Waals surface area contributed by atoms with Gasteiger partial charge >= 0.3 is 0 Å². The number of rotatable bonds is 5. The summed E-state index contributed by atoms with van der Waals surface area (Å²) in [7, 11) is 7.93. The van der Waals surface area contributed by atoms with Gasteiger partial charge in [-0.25, -0.2) is 0 Å². The molecule has 3 saturated carbocycles. The monoisotopic (exact) mass is 452 g/mol. The summed E-state index contributed by atoms with van der Waals surface area (Å²) in [6.45, 7) is 0. The number of aliphatic hydroxyl groups excluding tert-OH is 1. The molecule has 178 valence electrons. The predicted molar refractivity (Wildman–Crippen MR) is 128 cm³/mol. The summed E-state index contributed by atoms with van der Waals surface area (Å²) in [5.74, 6) is -0.550. The molecule has 4 aliphatic carbocycles. The Balaban J connectivity index is 1.47. The molecule has 6 heteroatoms. The molecule has 1 N–H and O–H groups in total. The smallest absolute Gasteiger partial charge is 0.171 e. The Labute approximate surface area is 196 Å². The van der Waals surface area contributed by atoms with E-state index in [-0.39, 0.29) is 58.9 Å². The zero-order chi connectivity index (χ0) is 23.9. The molecular formula is C27H36N2O4. The van der Waals surface area contributed by atoms with Crippen LogP contribution in [0, 0.1) is 23.7 Å². The molecule has 0 radical (unpaired) electrons. The van der Waals surface area contributed by atoms with E-state index in [1.807, 2.05) is 28.2 Å². The van der Waals surface area contributed by atoms with Gasteiger partial charge in [0.25, 0.3) is 0 Å². The van der Waals surface area contributed by atoms with Crippen LogP contribution in [0.15, 0.2) is 47.3 Å². The minimum Gasteiger partial charge on any atom is -0.511 e. The van der Waals surface area contributed by atoms with Gasteiger partial charge in [-0.05, 0) is 66.0 Å². The highest BCUT2D eigenvalue weighted by molar-refractivity contribution is 6.27. The zero-order valence-electron chi connectivity index (χ0n) is 20.2. The van der Waals surface area contributed by atoms with Gasteiger partial charge in [0.2, 0.25) is 0 Å². The molecule has 0 saturated heterocycles. The fourth-order valence-electron chi connectivity index (χ4n) is 6.53. The summed E-state index contributed by atoms with van der Waals surface area (Å²) in [5.41, 5.74) is 0.686. The van der Waals surface area contributed by atoms with Crippen molar-refractivity contribution >= 4 is 17.3 Å². The highest BCUT2D eigenvalue weighted by atomic mass is 16.3. The summed E-state index contributed by atoms with van der Waals surface area (Å²) in [4.78, 5) is 43.0. The van der Waals surface area contributed by atoms with Gasteiger partial charge in [-0.3, -0.25) is 14.4 Å². The fourth-order valence-corrected chi connectivity index (χ4v) is 6.53. The molecule has 0 bridgehead atoms. The molecule has 0 aromatic carbocycles. The molecular weight excluding hydrogens is 416 g/mol. The Morgan fingerprint density at radius 2 is 1.30 bits per heavy atom. The van der Waals surface area contributed by atoms with E-state index in [0.29, 0.717) is 11.1 Å². The number of hydrogen-bond donors (Lipinski definition) is 1. The quantitative estimate of drug-likeness (QED) is 0.392. The minimum atomic E-state index is -0.234. The van der Waals surface area contributed by atoms with Crippen LogP contribution < -0.4 is 0 Å². The standard InChI is InChI=1S/C27H36N2O4/c1-28(2)20-14-8-12-16-22(20)26(32)18(24(16)30)10-6-5-7-11-19-25(31)17-13-9-15-21(29(3)4)23(17)27(19)33/h5-7,10-11,16-17,20-23,30H,8-9,12-15H2,1-4H3. The molecule has 3 fully saturated rings. The summed E-state index contributed by atoms with van der Waals surface area (Å²) < 4.78 is 0. The van der Waals surface area contributed by atoms with E-state index in [4.69, 9.17) is 0 Å². The second-order valence-electron chi connectivity index (χ2n) is 10.4. The highest BCUT2D eigenvalue weighted by Crippen LogP contribution is 2.44. The van der Waals surface area contributed by atoms with E-state index in [9.17, 15) is 19.5 Å². The van der Waals surface area contributed by atoms with E-state index < -0.39 is 0 Å². The van der Waals surface area contributed by atoms with Gasteiger partial charge in [0.05, 0.1) is 11.1 Å². The van der Waals surface area contributed by atoms with Crippen LogP contribution in [0.5, 0.6) is 0 Å². The summed E-state index contributed by atoms with van der Waals surface area (Å²) in [6, 6.07) is 0.270. The molecule has 4 aliphatic rings. The third-order valence-corrected chi connectivity index (χ3v) is 8.17. The van der Waals surface area contributed by atoms with Crippen molar-refractivity contribution in [3.63, 3.8) is 0 Å². The first kappa shape index (κ1) is 23.8. The summed E-state index contributed by atoms with van der Waals surface area (Å²) in [6.07, 6.45) is 13.9. The Morgan fingerprint density at radius 3 is 1.91 bits per heavy atom. The average molecular weight is 453 g/mol. The van der Waals surface area contributed by atoms with Crippen molar-refractivity contribution in [2.45, 2.75) is 50.6 Å². The molecule has 0 aromatic rings. The van der Waals surface area contributed by atoms with Crippen LogP contribution in [0.3, 0.4) is 0 Å². The third-order valence-electron chi connectivity index (χ3n) is 8.17. The van der Waals surface area contributed by atoms with Gasteiger partial charge in [-0.15, -0.1) is 0 Å². The second-order valence-corrected chi connectivity index (χ2v) is 10.4. The van der Waals surface area contributed by atoms with Crippen LogP contribution in [-0.4, -0.2) is 72.5 Å². The van der Waals surface area contributed by atoms with Crippen LogP contribution in [-0.2, 0) is 14.4 Å². The maximum absolute atomic E-state index is 13.0. The van der Waals surface area contributed by atoms with Gasteiger partial charge in [0, 0.05) is 35.8 Å². The topological polar surface area (TPSA) is 77.9 Å². The van der Waals surface area contributed by atoms with Crippen molar-refractivity contribution in [3.8, 4) is 0 Å². The lowest BCUT2D eigenvalue weighted by molar-refractivity contribution is -0.123. The van der Waals surface area contributed by atoms with Crippen LogP contribution in [0.25, 0.3) is 0 Å². The molecule has 0 heterocycles. The van der Waals surface area contributed by atoms with E-state index in [0.717, 1.165) is 38.5 Å². The number of allylic oxidation sites excluding steroid dienone is 8. The number of Topliss-reactive ketones (excluding diaryl/α,β-unsaturated/α-hetero) is 3. The lowest BCUT2D eigenvalue weighted by atomic mass is 9.76. The number of ketones is 3. The SMILES string of the molecule is CN(C)C1CCCC2C(=O)C(=CC=CC=CC3=C(O)C4CCCC(N(C)C)C4C3=O)C(=O)C21. The number of fused-ring (bicyclic) bond motifs is 2. The van der Waals surface area contributed by atoms with Crippen LogP contribution in [0.2, 0.25) is 0 Å². The normalized spacial score (nSPS) is 36.3. The van der Waals surface area contributed by atoms with Crippen LogP contribution >= 0.6 is 0 Å². The van der Waals surface area contributed by atoms with Crippen molar-refractivity contribution in [1.29, 1.82) is 0 Å². The van der Waals surface area contributed by atoms with E-state index in [2.05, 4.69) is 9.80 Å². The van der Waals surface area contributed by atoms with E-state index in [1.54, 1.807) is 30.4 Å². The summed E-state index contributed by atoms with van der Waals surface area (Å²) in [5, 5.41) is 10.7. The molecule has 0 amide bonds. The first-order chi connectivity index (χ1) is 15.7. The lowest BCUT2D eigenvalue weighted by Crippen LogP contribution is -2.43.